The van der Waals surface area contributed by atoms with Gasteiger partial charge in [-0.3, -0.25) is 4.98 Å². The third-order valence-electron chi connectivity index (χ3n) is 2.25. The molecule has 0 bridgehead atoms. The van der Waals surface area contributed by atoms with Crippen LogP contribution >= 0.6 is 0 Å². The minimum Gasteiger partial charge on any atom is -0.437 e. The Morgan fingerprint density at radius 3 is 2.44 bits per heavy atom. The van der Waals surface area contributed by atoms with Crippen LogP contribution in [0.15, 0.2) is 30.6 Å². The summed E-state index contributed by atoms with van der Waals surface area (Å²) in [5.41, 5.74) is 7.65. The molecule has 0 aliphatic heterocycles. The summed E-state index contributed by atoms with van der Waals surface area (Å²) < 4.78 is 5.67. The number of para-hydroxylation sites is 1. The number of rotatable bonds is 2. The zero-order chi connectivity index (χ0) is 11.5. The van der Waals surface area contributed by atoms with Gasteiger partial charge in [0.05, 0.1) is 12.4 Å². The molecular formula is C12H13N3O. The van der Waals surface area contributed by atoms with Crippen molar-refractivity contribution >= 4 is 5.82 Å². The predicted molar refractivity (Wildman–Crippen MR) is 62.4 cm³/mol. The van der Waals surface area contributed by atoms with E-state index in [9.17, 15) is 0 Å². The first-order chi connectivity index (χ1) is 7.66. The number of ether oxygens (including phenoxy) is 1. The van der Waals surface area contributed by atoms with E-state index in [0.29, 0.717) is 11.7 Å². The Morgan fingerprint density at radius 1 is 1.12 bits per heavy atom. The highest BCUT2D eigenvalue weighted by atomic mass is 16.5. The smallest absolute Gasteiger partial charge is 0.239 e. The van der Waals surface area contributed by atoms with Crippen molar-refractivity contribution in [2.45, 2.75) is 13.8 Å². The van der Waals surface area contributed by atoms with Gasteiger partial charge in [-0.15, -0.1) is 0 Å². The monoisotopic (exact) mass is 215 g/mol. The summed E-state index contributed by atoms with van der Waals surface area (Å²) in [5.74, 6) is 1.57. The summed E-state index contributed by atoms with van der Waals surface area (Å²) in [4.78, 5) is 7.97. The maximum atomic E-state index is 5.67. The molecule has 0 radical (unpaired) electrons. The lowest BCUT2D eigenvalue weighted by Gasteiger charge is -2.10. The number of aromatic nitrogens is 2. The van der Waals surface area contributed by atoms with E-state index in [-0.39, 0.29) is 0 Å². The van der Waals surface area contributed by atoms with Crippen LogP contribution in [-0.4, -0.2) is 9.97 Å². The second kappa shape index (κ2) is 4.18. The summed E-state index contributed by atoms with van der Waals surface area (Å²) in [6, 6.07) is 5.96. The molecule has 0 atom stereocenters. The maximum absolute atomic E-state index is 5.67. The zero-order valence-corrected chi connectivity index (χ0v) is 9.27. The standard InChI is InChI=1S/C12H13N3O/c1-8-4-3-5-9(2)12(8)16-11-7-14-6-10(13)15-11/h3-7H,1-2H3,(H2,13,15). The van der Waals surface area contributed by atoms with Gasteiger partial charge in [0.1, 0.15) is 11.6 Å². The van der Waals surface area contributed by atoms with Crippen LogP contribution in [0, 0.1) is 13.8 Å². The predicted octanol–water partition coefficient (Wildman–Crippen LogP) is 2.47. The van der Waals surface area contributed by atoms with E-state index in [1.165, 1.54) is 6.20 Å². The van der Waals surface area contributed by atoms with Crippen LogP contribution in [0.5, 0.6) is 11.6 Å². The fourth-order valence-corrected chi connectivity index (χ4v) is 1.48. The molecular weight excluding hydrogens is 202 g/mol. The van der Waals surface area contributed by atoms with Gasteiger partial charge in [0.25, 0.3) is 0 Å². The van der Waals surface area contributed by atoms with E-state index in [2.05, 4.69) is 9.97 Å². The Hall–Kier alpha value is -2.10. The highest BCUT2D eigenvalue weighted by Gasteiger charge is 2.05. The number of hydrogen-bond donors (Lipinski definition) is 1. The number of aryl methyl sites for hydroxylation is 2. The lowest BCUT2D eigenvalue weighted by Crippen LogP contribution is -1.96. The van der Waals surface area contributed by atoms with Gasteiger partial charge < -0.3 is 10.5 Å². The van der Waals surface area contributed by atoms with Crippen molar-refractivity contribution in [3.63, 3.8) is 0 Å². The maximum Gasteiger partial charge on any atom is 0.239 e. The number of nitrogen functional groups attached to an aromatic ring is 1. The molecule has 0 aliphatic carbocycles. The Labute approximate surface area is 94.1 Å². The average molecular weight is 215 g/mol. The Bertz CT molecular complexity index is 491. The number of anilines is 1. The zero-order valence-electron chi connectivity index (χ0n) is 9.27. The summed E-state index contributed by atoms with van der Waals surface area (Å²) >= 11 is 0. The second-order valence-electron chi connectivity index (χ2n) is 3.61. The Morgan fingerprint density at radius 2 is 1.81 bits per heavy atom. The van der Waals surface area contributed by atoms with Crippen LogP contribution in [0.3, 0.4) is 0 Å². The number of nitrogens with zero attached hydrogens (tertiary/aromatic N) is 2. The molecule has 2 rings (SSSR count). The third kappa shape index (κ3) is 2.11. The van der Waals surface area contributed by atoms with Crippen molar-refractivity contribution in [3.05, 3.63) is 41.7 Å². The minimum atomic E-state index is 0.351. The van der Waals surface area contributed by atoms with Crippen molar-refractivity contribution in [1.82, 2.24) is 9.97 Å². The SMILES string of the molecule is Cc1cccc(C)c1Oc1cncc(N)n1. The second-order valence-corrected chi connectivity index (χ2v) is 3.61. The molecule has 0 aliphatic rings. The average Bonchev–Trinajstić information content (AvgIpc) is 2.24. The van der Waals surface area contributed by atoms with Gasteiger partial charge in [-0.25, -0.2) is 0 Å². The van der Waals surface area contributed by atoms with Crippen LogP contribution in [0.1, 0.15) is 11.1 Å². The first kappa shape index (κ1) is 10.4. The van der Waals surface area contributed by atoms with Crippen LogP contribution in [-0.2, 0) is 0 Å². The normalized spacial score (nSPS) is 10.1. The molecule has 82 valence electrons. The van der Waals surface area contributed by atoms with Gasteiger partial charge in [0.15, 0.2) is 0 Å². The molecule has 1 heterocycles. The van der Waals surface area contributed by atoms with Gasteiger partial charge in [0.2, 0.25) is 5.88 Å². The molecule has 0 spiro atoms. The Balaban J connectivity index is 2.34. The topological polar surface area (TPSA) is 61.0 Å². The molecule has 1 aromatic carbocycles. The third-order valence-corrected chi connectivity index (χ3v) is 2.25. The summed E-state index contributed by atoms with van der Waals surface area (Å²) in [7, 11) is 0. The first-order valence-electron chi connectivity index (χ1n) is 4.98. The highest BCUT2D eigenvalue weighted by molar-refractivity contribution is 5.42. The fraction of sp³-hybridized carbons (Fsp3) is 0.167. The van der Waals surface area contributed by atoms with Crippen molar-refractivity contribution in [2.24, 2.45) is 0 Å². The molecule has 0 saturated heterocycles. The lowest BCUT2D eigenvalue weighted by molar-refractivity contribution is 0.454. The highest BCUT2D eigenvalue weighted by Crippen LogP contribution is 2.27. The molecule has 0 saturated carbocycles. The molecule has 0 unspecified atom stereocenters. The van der Waals surface area contributed by atoms with Crippen LogP contribution < -0.4 is 10.5 Å². The quantitative estimate of drug-likeness (QED) is 0.835. The molecule has 2 aromatic rings. The van der Waals surface area contributed by atoms with Crippen molar-refractivity contribution < 1.29 is 4.74 Å². The summed E-state index contributed by atoms with van der Waals surface area (Å²) in [5, 5.41) is 0. The van der Waals surface area contributed by atoms with E-state index in [1.54, 1.807) is 6.20 Å². The van der Waals surface area contributed by atoms with Crippen molar-refractivity contribution in [3.8, 4) is 11.6 Å². The van der Waals surface area contributed by atoms with E-state index < -0.39 is 0 Å². The van der Waals surface area contributed by atoms with E-state index >= 15 is 0 Å². The number of nitrogens with two attached hydrogens (primary N) is 1. The minimum absolute atomic E-state index is 0.351. The van der Waals surface area contributed by atoms with E-state index in [4.69, 9.17) is 10.5 Å². The van der Waals surface area contributed by atoms with E-state index in [1.807, 2.05) is 32.0 Å². The molecule has 2 N–H and O–H groups in total. The molecule has 0 fully saturated rings. The molecule has 16 heavy (non-hydrogen) atoms. The number of hydrogen-bond acceptors (Lipinski definition) is 4. The van der Waals surface area contributed by atoms with Crippen LogP contribution in [0.25, 0.3) is 0 Å². The van der Waals surface area contributed by atoms with Crippen molar-refractivity contribution in [1.29, 1.82) is 0 Å². The van der Waals surface area contributed by atoms with Gasteiger partial charge in [-0.2, -0.15) is 4.98 Å². The van der Waals surface area contributed by atoms with Crippen LogP contribution in [0.2, 0.25) is 0 Å². The molecule has 0 amide bonds. The van der Waals surface area contributed by atoms with Gasteiger partial charge in [0, 0.05) is 0 Å². The summed E-state index contributed by atoms with van der Waals surface area (Å²) in [6.45, 7) is 3.98. The Kier molecular flexibility index (Phi) is 2.72. The van der Waals surface area contributed by atoms with Crippen molar-refractivity contribution in [2.75, 3.05) is 5.73 Å². The van der Waals surface area contributed by atoms with E-state index in [0.717, 1.165) is 16.9 Å². The van der Waals surface area contributed by atoms with Gasteiger partial charge in [-0.1, -0.05) is 18.2 Å². The molecule has 1 aromatic heterocycles. The van der Waals surface area contributed by atoms with Gasteiger partial charge in [-0.05, 0) is 25.0 Å². The fourth-order valence-electron chi connectivity index (χ4n) is 1.48. The largest absolute Gasteiger partial charge is 0.437 e. The van der Waals surface area contributed by atoms with Crippen LogP contribution in [0.4, 0.5) is 5.82 Å². The molecule has 4 nitrogen and oxygen atoms in total. The lowest BCUT2D eigenvalue weighted by atomic mass is 10.1. The molecule has 4 heteroatoms. The first-order valence-corrected chi connectivity index (χ1v) is 4.98. The summed E-state index contributed by atoms with van der Waals surface area (Å²) in [6.07, 6.45) is 3.03. The number of benzene rings is 1. The van der Waals surface area contributed by atoms with Gasteiger partial charge >= 0.3 is 0 Å².